The molecule has 1 nitrogen and oxygen atoms in total. The van der Waals surface area contributed by atoms with E-state index < -0.39 is 0 Å². The predicted molar refractivity (Wildman–Crippen MR) is 38.1 cm³/mol. The molecule has 0 radical (unpaired) electrons. The lowest BCUT2D eigenvalue weighted by atomic mass is 10.7. The van der Waals surface area contributed by atoms with E-state index in [4.69, 9.17) is 0 Å². The molecule has 1 aromatic rings. The molecule has 0 aliphatic heterocycles. The van der Waals surface area contributed by atoms with Gasteiger partial charge in [-0.2, -0.15) is 0 Å². The molecule has 44 valence electrons. The molecule has 0 spiro atoms. The van der Waals surface area contributed by atoms with Crippen LogP contribution >= 0.6 is 15.9 Å². The Hall–Kier alpha value is -0.240. The molecular weight excluding hydrogens is 166 g/mol. The molecule has 0 aromatic carbocycles. The van der Waals surface area contributed by atoms with Gasteiger partial charge in [-0.25, -0.2) is 0 Å². The van der Waals surface area contributed by atoms with Crippen LogP contribution in [0.2, 0.25) is 0 Å². The minimum absolute atomic E-state index is 0.414. The summed E-state index contributed by atoms with van der Waals surface area (Å²) in [6.45, 7) is 2.08. The van der Waals surface area contributed by atoms with Crippen molar-refractivity contribution in [1.29, 1.82) is 0 Å². The zero-order chi connectivity index (χ0) is 5.98. The number of nitrogens with zero attached hydrogens (tertiary/aromatic N) is 1. The molecule has 1 unspecified atom stereocenters. The molecule has 2 heteroatoms. The van der Waals surface area contributed by atoms with E-state index in [1.807, 2.05) is 24.5 Å². The average molecular weight is 174 g/mol. The molecule has 1 aromatic heterocycles. The lowest BCUT2D eigenvalue weighted by Gasteiger charge is -2.01. The zero-order valence-corrected chi connectivity index (χ0v) is 6.30. The fourth-order valence-corrected chi connectivity index (χ4v) is 0.858. The summed E-state index contributed by atoms with van der Waals surface area (Å²) in [4.78, 5) is 0.414. The highest BCUT2D eigenvalue weighted by molar-refractivity contribution is 9.09. The highest BCUT2D eigenvalue weighted by Gasteiger charge is 1.91. The quantitative estimate of drug-likeness (QED) is 0.576. The summed E-state index contributed by atoms with van der Waals surface area (Å²) in [5.41, 5.74) is 0. The first-order chi connectivity index (χ1) is 3.80. The van der Waals surface area contributed by atoms with Crippen molar-refractivity contribution in [2.24, 2.45) is 0 Å². The molecule has 0 saturated heterocycles. The van der Waals surface area contributed by atoms with E-state index in [1.165, 1.54) is 0 Å². The Morgan fingerprint density at radius 1 is 1.38 bits per heavy atom. The van der Waals surface area contributed by atoms with E-state index >= 15 is 0 Å². The van der Waals surface area contributed by atoms with Gasteiger partial charge in [-0.1, -0.05) is 15.9 Å². The lowest BCUT2D eigenvalue weighted by Crippen LogP contribution is -1.90. The van der Waals surface area contributed by atoms with Gasteiger partial charge in [0.15, 0.2) is 0 Å². The number of rotatable bonds is 1. The van der Waals surface area contributed by atoms with E-state index in [9.17, 15) is 0 Å². The molecule has 1 atom stereocenters. The molecule has 0 saturated carbocycles. The largest absolute Gasteiger partial charge is 0.342 e. The molecule has 1 rings (SSSR count). The van der Waals surface area contributed by atoms with Gasteiger partial charge in [0.2, 0.25) is 0 Å². The van der Waals surface area contributed by atoms with Crippen molar-refractivity contribution >= 4 is 15.9 Å². The van der Waals surface area contributed by atoms with Crippen LogP contribution in [-0.4, -0.2) is 4.57 Å². The number of aromatic nitrogens is 1. The summed E-state index contributed by atoms with van der Waals surface area (Å²) in [6.07, 6.45) is 4.05. The Morgan fingerprint density at radius 2 is 1.88 bits per heavy atom. The second-order valence-electron chi connectivity index (χ2n) is 1.70. The number of hydrogen-bond acceptors (Lipinski definition) is 0. The standard InChI is InChI=1S/C6H8BrN/c1-6(7)8-4-2-3-5-8/h2-6H,1H3. The second kappa shape index (κ2) is 2.35. The summed E-state index contributed by atoms with van der Waals surface area (Å²) in [6, 6.07) is 4.02. The summed E-state index contributed by atoms with van der Waals surface area (Å²) in [5, 5.41) is 0. The highest BCUT2D eigenvalue weighted by Crippen LogP contribution is 2.11. The van der Waals surface area contributed by atoms with Crippen LogP contribution in [0.3, 0.4) is 0 Å². The third-order valence-electron chi connectivity index (χ3n) is 1.04. The van der Waals surface area contributed by atoms with Crippen LogP contribution in [0, 0.1) is 0 Å². The maximum Gasteiger partial charge on any atom is 0.0854 e. The van der Waals surface area contributed by atoms with E-state index in [2.05, 4.69) is 27.4 Å². The van der Waals surface area contributed by atoms with Crippen LogP contribution in [0.5, 0.6) is 0 Å². The predicted octanol–water partition coefficient (Wildman–Crippen LogP) is 2.40. The highest BCUT2D eigenvalue weighted by atomic mass is 79.9. The smallest absolute Gasteiger partial charge is 0.0854 e. The Morgan fingerprint density at radius 3 is 2.12 bits per heavy atom. The number of hydrogen-bond donors (Lipinski definition) is 0. The fourth-order valence-electron chi connectivity index (χ4n) is 0.585. The normalized spacial score (nSPS) is 13.8. The monoisotopic (exact) mass is 173 g/mol. The van der Waals surface area contributed by atoms with Crippen LogP contribution in [0.15, 0.2) is 24.5 Å². The Bertz CT molecular complexity index is 144. The minimum atomic E-state index is 0.414. The SMILES string of the molecule is CC(Br)n1cccc1. The Balaban J connectivity index is 2.77. The van der Waals surface area contributed by atoms with Crippen LogP contribution in [-0.2, 0) is 0 Å². The van der Waals surface area contributed by atoms with Crippen molar-refractivity contribution in [2.75, 3.05) is 0 Å². The van der Waals surface area contributed by atoms with E-state index in [0.717, 1.165) is 0 Å². The summed E-state index contributed by atoms with van der Waals surface area (Å²) >= 11 is 3.42. The van der Waals surface area contributed by atoms with Crippen LogP contribution in [0.1, 0.15) is 11.9 Å². The van der Waals surface area contributed by atoms with Crippen LogP contribution in [0.25, 0.3) is 0 Å². The van der Waals surface area contributed by atoms with Crippen molar-refractivity contribution in [3.63, 3.8) is 0 Å². The van der Waals surface area contributed by atoms with Gasteiger partial charge in [-0.3, -0.25) is 0 Å². The molecule has 8 heavy (non-hydrogen) atoms. The first-order valence-corrected chi connectivity index (χ1v) is 3.49. The van der Waals surface area contributed by atoms with Crippen LogP contribution in [0.4, 0.5) is 0 Å². The molecule has 0 aliphatic carbocycles. The van der Waals surface area contributed by atoms with Gasteiger partial charge in [0.1, 0.15) is 0 Å². The first-order valence-electron chi connectivity index (χ1n) is 2.57. The first kappa shape index (κ1) is 5.89. The van der Waals surface area contributed by atoms with Gasteiger partial charge in [0.25, 0.3) is 0 Å². The average Bonchev–Trinajstić information content (AvgIpc) is 2.12. The molecule has 0 bridgehead atoms. The van der Waals surface area contributed by atoms with Gasteiger partial charge < -0.3 is 4.57 Å². The molecule has 1 heterocycles. The summed E-state index contributed by atoms with van der Waals surface area (Å²) in [5.74, 6) is 0. The fraction of sp³-hybridized carbons (Fsp3) is 0.333. The Labute approximate surface area is 57.4 Å². The second-order valence-corrected chi connectivity index (χ2v) is 3.03. The Kier molecular flexibility index (Phi) is 1.73. The molecule has 0 fully saturated rings. The zero-order valence-electron chi connectivity index (χ0n) is 4.71. The van der Waals surface area contributed by atoms with Gasteiger partial charge in [-0.15, -0.1) is 0 Å². The number of halogens is 1. The van der Waals surface area contributed by atoms with E-state index in [-0.39, 0.29) is 0 Å². The maximum atomic E-state index is 3.42. The van der Waals surface area contributed by atoms with Crippen molar-refractivity contribution in [3.8, 4) is 0 Å². The maximum absolute atomic E-state index is 3.42. The van der Waals surface area contributed by atoms with Crippen molar-refractivity contribution in [3.05, 3.63) is 24.5 Å². The molecule has 0 aliphatic rings. The molecule has 0 amide bonds. The topological polar surface area (TPSA) is 4.93 Å². The van der Waals surface area contributed by atoms with E-state index in [1.54, 1.807) is 0 Å². The van der Waals surface area contributed by atoms with Crippen molar-refractivity contribution in [1.82, 2.24) is 4.57 Å². The lowest BCUT2D eigenvalue weighted by molar-refractivity contribution is 0.760. The van der Waals surface area contributed by atoms with Crippen LogP contribution < -0.4 is 0 Å². The summed E-state index contributed by atoms with van der Waals surface area (Å²) < 4.78 is 2.08. The van der Waals surface area contributed by atoms with E-state index in [0.29, 0.717) is 4.95 Å². The van der Waals surface area contributed by atoms with Gasteiger partial charge in [-0.05, 0) is 19.1 Å². The third-order valence-corrected chi connectivity index (χ3v) is 1.51. The van der Waals surface area contributed by atoms with Gasteiger partial charge in [0, 0.05) is 12.4 Å². The number of alkyl halides is 1. The summed E-state index contributed by atoms with van der Waals surface area (Å²) in [7, 11) is 0. The third kappa shape index (κ3) is 1.13. The van der Waals surface area contributed by atoms with Crippen molar-refractivity contribution in [2.45, 2.75) is 11.9 Å². The minimum Gasteiger partial charge on any atom is -0.342 e. The van der Waals surface area contributed by atoms with Gasteiger partial charge in [0.05, 0.1) is 4.95 Å². The molecule has 0 N–H and O–H groups in total. The van der Waals surface area contributed by atoms with Crippen molar-refractivity contribution < 1.29 is 0 Å². The van der Waals surface area contributed by atoms with Gasteiger partial charge >= 0.3 is 0 Å². The molecular formula is C6H8BrN.